The van der Waals surface area contributed by atoms with Crippen molar-refractivity contribution in [2.45, 2.75) is 19.6 Å². The number of nitrogens with zero attached hydrogens (tertiary/aromatic N) is 3. The van der Waals surface area contributed by atoms with Crippen LogP contribution in [0.5, 0.6) is 0 Å². The smallest absolute Gasteiger partial charge is 0.148 e. The zero-order chi connectivity index (χ0) is 11.5. The van der Waals surface area contributed by atoms with Crippen molar-refractivity contribution >= 4 is 13.9 Å². The molecule has 0 unspecified atom stereocenters. The fraction of sp³-hybridized carbons (Fsp3) is 0.455. The van der Waals surface area contributed by atoms with Gasteiger partial charge in [0.2, 0.25) is 0 Å². The van der Waals surface area contributed by atoms with Crippen LogP contribution in [-0.4, -0.2) is 32.1 Å². The molecule has 4 heteroatoms. The highest BCUT2D eigenvalue weighted by atomic mass is 28.3. The molecule has 0 fully saturated rings. The molecule has 0 aliphatic rings. The fourth-order valence-electron chi connectivity index (χ4n) is 0.883. The van der Waals surface area contributed by atoms with Gasteiger partial charge >= 0.3 is 0 Å². The Bertz CT molecular complexity index is 396. The molecule has 0 saturated heterocycles. The first kappa shape index (κ1) is 11.7. The molecule has 15 heavy (non-hydrogen) atoms. The van der Waals surface area contributed by atoms with Crippen LogP contribution in [0.4, 0.5) is 5.82 Å². The van der Waals surface area contributed by atoms with E-state index in [1.807, 2.05) is 19.0 Å². The van der Waals surface area contributed by atoms with Gasteiger partial charge in [0.05, 0.1) is 12.4 Å². The molecule has 1 heterocycles. The van der Waals surface area contributed by atoms with Crippen LogP contribution in [0.15, 0.2) is 12.4 Å². The van der Waals surface area contributed by atoms with E-state index in [9.17, 15) is 0 Å². The van der Waals surface area contributed by atoms with Crippen LogP contribution in [0.25, 0.3) is 0 Å². The second kappa shape index (κ2) is 4.45. The van der Waals surface area contributed by atoms with Gasteiger partial charge in [-0.2, -0.15) is 0 Å². The van der Waals surface area contributed by atoms with Crippen molar-refractivity contribution < 1.29 is 0 Å². The van der Waals surface area contributed by atoms with E-state index in [1.165, 1.54) is 0 Å². The van der Waals surface area contributed by atoms with Gasteiger partial charge in [0, 0.05) is 14.1 Å². The number of hydrogen-bond donors (Lipinski definition) is 0. The monoisotopic (exact) mass is 219 g/mol. The molecule has 0 aromatic carbocycles. The maximum absolute atomic E-state index is 4.39. The summed E-state index contributed by atoms with van der Waals surface area (Å²) in [7, 11) is 2.56. The Morgan fingerprint density at radius 2 is 1.87 bits per heavy atom. The maximum atomic E-state index is 4.39. The molecule has 0 bridgehead atoms. The predicted octanol–water partition coefficient (Wildman–Crippen LogP) is 1.77. The molecule has 0 aliphatic heterocycles. The van der Waals surface area contributed by atoms with Crippen LogP contribution >= 0.6 is 0 Å². The first-order valence-corrected chi connectivity index (χ1v) is 8.41. The molecular formula is C11H17N3Si. The molecule has 0 radical (unpaired) electrons. The molecular weight excluding hydrogens is 202 g/mol. The van der Waals surface area contributed by atoms with E-state index in [0.717, 1.165) is 11.5 Å². The van der Waals surface area contributed by atoms with Crippen LogP contribution in [0.1, 0.15) is 5.69 Å². The average molecular weight is 219 g/mol. The Morgan fingerprint density at radius 3 is 2.40 bits per heavy atom. The van der Waals surface area contributed by atoms with Crippen LogP contribution in [0, 0.1) is 11.5 Å². The lowest BCUT2D eigenvalue weighted by atomic mass is 10.4. The molecule has 0 saturated carbocycles. The second-order valence-corrected chi connectivity index (χ2v) is 9.41. The third-order valence-corrected chi connectivity index (χ3v) is 2.52. The first-order valence-electron chi connectivity index (χ1n) is 4.91. The predicted molar refractivity (Wildman–Crippen MR) is 66.6 cm³/mol. The largest absolute Gasteiger partial charge is 0.361 e. The molecule has 0 atom stereocenters. The van der Waals surface area contributed by atoms with Gasteiger partial charge < -0.3 is 4.90 Å². The van der Waals surface area contributed by atoms with E-state index in [4.69, 9.17) is 0 Å². The zero-order valence-corrected chi connectivity index (χ0v) is 11.0. The van der Waals surface area contributed by atoms with Gasteiger partial charge in [0.15, 0.2) is 0 Å². The van der Waals surface area contributed by atoms with E-state index in [1.54, 1.807) is 12.4 Å². The molecule has 1 rings (SSSR count). The summed E-state index contributed by atoms with van der Waals surface area (Å²) >= 11 is 0. The van der Waals surface area contributed by atoms with Gasteiger partial charge in [-0.05, 0) is 0 Å². The Balaban J connectivity index is 2.95. The van der Waals surface area contributed by atoms with Crippen LogP contribution in [0.2, 0.25) is 19.6 Å². The Labute approximate surface area is 92.6 Å². The Hall–Kier alpha value is -1.34. The van der Waals surface area contributed by atoms with Gasteiger partial charge in [-0.1, -0.05) is 25.6 Å². The van der Waals surface area contributed by atoms with Crippen molar-refractivity contribution in [2.24, 2.45) is 0 Å². The maximum Gasteiger partial charge on any atom is 0.148 e. The van der Waals surface area contributed by atoms with Gasteiger partial charge in [0.25, 0.3) is 0 Å². The van der Waals surface area contributed by atoms with Crippen molar-refractivity contribution in [1.29, 1.82) is 0 Å². The third-order valence-electron chi connectivity index (χ3n) is 1.65. The first-order chi connectivity index (χ1) is 6.88. The topological polar surface area (TPSA) is 29.0 Å². The Kier molecular flexibility index (Phi) is 3.48. The number of rotatable bonds is 1. The number of aromatic nitrogens is 2. The SMILES string of the molecule is CN(C)c1cncc(C#C[Si](C)(C)C)n1. The van der Waals surface area contributed by atoms with E-state index >= 15 is 0 Å². The van der Waals surface area contributed by atoms with Crippen molar-refractivity contribution in [3.05, 3.63) is 18.1 Å². The fourth-order valence-corrected chi connectivity index (χ4v) is 1.39. The minimum Gasteiger partial charge on any atom is -0.361 e. The van der Waals surface area contributed by atoms with Crippen LogP contribution in [0.3, 0.4) is 0 Å². The Morgan fingerprint density at radius 1 is 1.20 bits per heavy atom. The summed E-state index contributed by atoms with van der Waals surface area (Å²) in [5.74, 6) is 3.94. The highest BCUT2D eigenvalue weighted by Gasteiger charge is 2.07. The van der Waals surface area contributed by atoms with E-state index < -0.39 is 8.07 Å². The molecule has 0 N–H and O–H groups in total. The van der Waals surface area contributed by atoms with E-state index in [-0.39, 0.29) is 0 Å². The summed E-state index contributed by atoms with van der Waals surface area (Å²) in [4.78, 5) is 10.4. The highest BCUT2D eigenvalue weighted by Crippen LogP contribution is 2.05. The second-order valence-electron chi connectivity index (χ2n) is 4.66. The van der Waals surface area contributed by atoms with E-state index in [0.29, 0.717) is 0 Å². The quantitative estimate of drug-likeness (QED) is 0.532. The molecule has 0 spiro atoms. The third kappa shape index (κ3) is 4.13. The summed E-state index contributed by atoms with van der Waals surface area (Å²) in [6.45, 7) is 6.63. The summed E-state index contributed by atoms with van der Waals surface area (Å²) in [6.07, 6.45) is 3.44. The summed E-state index contributed by atoms with van der Waals surface area (Å²) < 4.78 is 0. The lowest BCUT2D eigenvalue weighted by molar-refractivity contribution is 1.03. The van der Waals surface area contributed by atoms with Crippen LogP contribution < -0.4 is 4.90 Å². The van der Waals surface area contributed by atoms with E-state index in [2.05, 4.69) is 41.1 Å². The van der Waals surface area contributed by atoms with Crippen molar-refractivity contribution in [2.75, 3.05) is 19.0 Å². The van der Waals surface area contributed by atoms with Crippen LogP contribution in [-0.2, 0) is 0 Å². The van der Waals surface area contributed by atoms with Crippen molar-refractivity contribution in [3.63, 3.8) is 0 Å². The minimum atomic E-state index is -1.33. The highest BCUT2D eigenvalue weighted by molar-refractivity contribution is 6.83. The molecule has 1 aromatic rings. The average Bonchev–Trinajstić information content (AvgIpc) is 2.14. The zero-order valence-electron chi connectivity index (χ0n) is 10.00. The van der Waals surface area contributed by atoms with Gasteiger partial charge in [-0.15, -0.1) is 5.54 Å². The molecule has 1 aromatic heterocycles. The summed E-state index contributed by atoms with van der Waals surface area (Å²) in [6, 6.07) is 0. The lowest BCUT2D eigenvalue weighted by Gasteiger charge is -2.09. The van der Waals surface area contributed by atoms with Gasteiger partial charge in [-0.25, -0.2) is 4.98 Å². The minimum absolute atomic E-state index is 0.753. The standard InChI is InChI=1S/C11H17N3Si/c1-14(2)11-9-12-8-10(13-11)6-7-15(3,4)5/h8-9H,1-5H3. The van der Waals surface area contributed by atoms with Gasteiger partial charge in [0.1, 0.15) is 19.6 Å². The molecule has 80 valence electrons. The molecule has 3 nitrogen and oxygen atoms in total. The normalized spacial score (nSPS) is 10.5. The summed E-state index contributed by atoms with van der Waals surface area (Å²) in [5, 5.41) is 0. The van der Waals surface area contributed by atoms with Gasteiger partial charge in [-0.3, -0.25) is 4.98 Å². The van der Waals surface area contributed by atoms with Crippen molar-refractivity contribution in [3.8, 4) is 11.5 Å². The summed E-state index contributed by atoms with van der Waals surface area (Å²) in [5.41, 5.74) is 4.03. The molecule has 0 aliphatic carbocycles. The molecule has 0 amide bonds. The number of hydrogen-bond acceptors (Lipinski definition) is 3. The van der Waals surface area contributed by atoms with Crippen molar-refractivity contribution in [1.82, 2.24) is 9.97 Å². The lowest BCUT2D eigenvalue weighted by Crippen LogP contribution is -2.16. The number of anilines is 1.